The van der Waals surface area contributed by atoms with Crippen LogP contribution in [0.25, 0.3) is 0 Å². The molecule has 0 spiro atoms. The molecule has 0 bridgehead atoms. The van der Waals surface area contributed by atoms with Crippen LogP contribution in [0.15, 0.2) is 47.6 Å². The largest absolute Gasteiger partial charge is 0.329 e. The Morgan fingerprint density at radius 2 is 1.95 bits per heavy atom. The lowest BCUT2D eigenvalue weighted by molar-refractivity contribution is 0.632. The number of benzene rings is 2. The van der Waals surface area contributed by atoms with Crippen molar-refractivity contribution in [3.8, 4) is 0 Å². The molecule has 0 fully saturated rings. The Morgan fingerprint density at radius 1 is 1.19 bits per heavy atom. The fraction of sp³-hybridized carbons (Fsp3) is 0.125. The molecule has 0 saturated heterocycles. The maximum Gasteiger partial charge on any atom is 0.191 e. The van der Waals surface area contributed by atoms with Crippen LogP contribution < -0.4 is 10.7 Å². The molecule has 0 atom stereocenters. The average Bonchev–Trinajstić information content (AvgIpc) is 2.44. The summed E-state index contributed by atoms with van der Waals surface area (Å²) in [5.74, 6) is -0.361. The number of rotatable bonds is 3. The molecule has 0 aliphatic rings. The standard InChI is InChI=1S/C16H16FN3S/c1-11-7-8-13(12(2)9-11)10-18-20-16(21)19-15-6-4-3-5-14(15)17/h3-10H,1-2H3,(H2,19,20,21)/b18-10-. The minimum Gasteiger partial charge on any atom is -0.329 e. The van der Waals surface area contributed by atoms with E-state index in [-0.39, 0.29) is 10.9 Å². The van der Waals surface area contributed by atoms with Gasteiger partial charge in [-0.05, 0) is 49.3 Å². The topological polar surface area (TPSA) is 36.4 Å². The number of aryl methyl sites for hydroxylation is 2. The van der Waals surface area contributed by atoms with Gasteiger partial charge in [-0.25, -0.2) is 4.39 Å². The number of nitrogens with one attached hydrogen (secondary N) is 2. The second-order valence-corrected chi connectivity index (χ2v) is 5.07. The van der Waals surface area contributed by atoms with E-state index in [9.17, 15) is 4.39 Å². The SMILES string of the molecule is Cc1ccc(/C=N\NC(=S)Nc2ccccc2F)c(C)c1. The highest BCUT2D eigenvalue weighted by Gasteiger charge is 2.01. The van der Waals surface area contributed by atoms with E-state index in [2.05, 4.69) is 21.9 Å². The maximum absolute atomic E-state index is 13.4. The molecule has 0 amide bonds. The fourth-order valence-corrected chi connectivity index (χ4v) is 2.01. The molecule has 0 aliphatic heterocycles. The van der Waals surface area contributed by atoms with Gasteiger partial charge in [0.2, 0.25) is 0 Å². The summed E-state index contributed by atoms with van der Waals surface area (Å²) in [6, 6.07) is 12.4. The number of hydrogen-bond acceptors (Lipinski definition) is 2. The molecule has 5 heteroatoms. The van der Waals surface area contributed by atoms with Crippen molar-refractivity contribution in [3.63, 3.8) is 0 Å². The van der Waals surface area contributed by atoms with E-state index < -0.39 is 0 Å². The maximum atomic E-state index is 13.4. The Kier molecular flexibility index (Phi) is 5.00. The summed E-state index contributed by atoms with van der Waals surface area (Å²) in [6.45, 7) is 4.06. The van der Waals surface area contributed by atoms with E-state index in [1.807, 2.05) is 26.0 Å². The predicted octanol–water partition coefficient (Wildman–Crippen LogP) is 3.76. The van der Waals surface area contributed by atoms with E-state index in [0.717, 1.165) is 11.1 Å². The lowest BCUT2D eigenvalue weighted by atomic mass is 10.1. The Bertz CT molecular complexity index is 683. The van der Waals surface area contributed by atoms with Gasteiger partial charge < -0.3 is 5.32 Å². The number of halogens is 1. The fourth-order valence-electron chi connectivity index (χ4n) is 1.84. The van der Waals surface area contributed by atoms with Gasteiger partial charge in [0.1, 0.15) is 5.82 Å². The molecule has 2 rings (SSSR count). The summed E-state index contributed by atoms with van der Waals surface area (Å²) in [5, 5.41) is 7.05. The Balaban J connectivity index is 1.95. The van der Waals surface area contributed by atoms with E-state index >= 15 is 0 Å². The van der Waals surface area contributed by atoms with E-state index in [1.54, 1.807) is 24.4 Å². The highest BCUT2D eigenvalue weighted by Crippen LogP contribution is 2.12. The van der Waals surface area contributed by atoms with Crippen LogP contribution in [0.5, 0.6) is 0 Å². The summed E-state index contributed by atoms with van der Waals surface area (Å²) in [4.78, 5) is 0. The van der Waals surface area contributed by atoms with Gasteiger partial charge in [0.25, 0.3) is 0 Å². The van der Waals surface area contributed by atoms with Crippen LogP contribution in [0.2, 0.25) is 0 Å². The zero-order valence-electron chi connectivity index (χ0n) is 11.9. The number of para-hydroxylation sites is 1. The van der Waals surface area contributed by atoms with Crippen molar-refractivity contribution in [1.82, 2.24) is 5.43 Å². The minimum absolute atomic E-state index is 0.237. The van der Waals surface area contributed by atoms with Crippen molar-refractivity contribution in [3.05, 3.63) is 65.0 Å². The van der Waals surface area contributed by atoms with Crippen molar-refractivity contribution in [2.75, 3.05) is 5.32 Å². The van der Waals surface area contributed by atoms with Gasteiger partial charge in [0.05, 0.1) is 11.9 Å². The van der Waals surface area contributed by atoms with Crippen LogP contribution in [0, 0.1) is 19.7 Å². The van der Waals surface area contributed by atoms with E-state index in [0.29, 0.717) is 5.69 Å². The van der Waals surface area contributed by atoms with E-state index in [4.69, 9.17) is 12.2 Å². The molecular formula is C16H16FN3S. The van der Waals surface area contributed by atoms with E-state index in [1.165, 1.54) is 11.6 Å². The second kappa shape index (κ2) is 6.95. The lowest BCUT2D eigenvalue weighted by Gasteiger charge is -2.07. The summed E-state index contributed by atoms with van der Waals surface area (Å²) < 4.78 is 13.4. The van der Waals surface area contributed by atoms with Crippen LogP contribution in [0.3, 0.4) is 0 Å². The van der Waals surface area contributed by atoms with Crippen molar-refractivity contribution < 1.29 is 4.39 Å². The molecule has 0 saturated carbocycles. The molecule has 3 nitrogen and oxygen atoms in total. The zero-order chi connectivity index (χ0) is 15.2. The first-order valence-corrected chi connectivity index (χ1v) is 6.89. The summed E-state index contributed by atoms with van der Waals surface area (Å²) in [6.07, 6.45) is 1.68. The smallest absolute Gasteiger partial charge is 0.191 e. The summed E-state index contributed by atoms with van der Waals surface area (Å²) in [7, 11) is 0. The van der Waals surface area contributed by atoms with Gasteiger partial charge >= 0.3 is 0 Å². The first-order chi connectivity index (χ1) is 10.1. The first kappa shape index (κ1) is 15.1. The number of nitrogens with zero attached hydrogens (tertiary/aromatic N) is 1. The summed E-state index contributed by atoms with van der Waals surface area (Å²) in [5.41, 5.74) is 6.33. The molecule has 0 radical (unpaired) electrons. The Labute approximate surface area is 128 Å². The van der Waals surface area contributed by atoms with Crippen molar-refractivity contribution in [1.29, 1.82) is 0 Å². The monoisotopic (exact) mass is 301 g/mol. The second-order valence-electron chi connectivity index (χ2n) is 4.66. The van der Waals surface area contributed by atoms with Gasteiger partial charge in [0.15, 0.2) is 5.11 Å². The van der Waals surface area contributed by atoms with Gasteiger partial charge in [-0.15, -0.1) is 0 Å². The highest BCUT2D eigenvalue weighted by atomic mass is 32.1. The van der Waals surface area contributed by atoms with Crippen LogP contribution in [0.4, 0.5) is 10.1 Å². The van der Waals surface area contributed by atoms with Gasteiger partial charge in [-0.3, -0.25) is 5.43 Å². The Hall–Kier alpha value is -2.27. The molecule has 2 N–H and O–H groups in total. The molecule has 0 aromatic heterocycles. The van der Waals surface area contributed by atoms with Gasteiger partial charge in [-0.1, -0.05) is 35.9 Å². The molecular weight excluding hydrogens is 285 g/mol. The van der Waals surface area contributed by atoms with Crippen LogP contribution in [-0.4, -0.2) is 11.3 Å². The molecule has 108 valence electrons. The molecule has 0 unspecified atom stereocenters. The third kappa shape index (κ3) is 4.36. The zero-order valence-corrected chi connectivity index (χ0v) is 12.7. The number of hydrogen-bond donors (Lipinski definition) is 2. The predicted molar refractivity (Wildman–Crippen MR) is 89.3 cm³/mol. The Morgan fingerprint density at radius 3 is 2.67 bits per heavy atom. The normalized spacial score (nSPS) is 10.6. The molecule has 21 heavy (non-hydrogen) atoms. The highest BCUT2D eigenvalue weighted by molar-refractivity contribution is 7.80. The van der Waals surface area contributed by atoms with Crippen LogP contribution in [-0.2, 0) is 0 Å². The quantitative estimate of drug-likeness (QED) is 0.515. The third-order valence-corrected chi connectivity index (χ3v) is 3.11. The lowest BCUT2D eigenvalue weighted by Crippen LogP contribution is -2.24. The van der Waals surface area contributed by atoms with Crippen molar-refractivity contribution >= 4 is 29.2 Å². The third-order valence-electron chi connectivity index (χ3n) is 2.92. The van der Waals surface area contributed by atoms with Gasteiger partial charge in [-0.2, -0.15) is 5.10 Å². The molecule has 0 aliphatic carbocycles. The van der Waals surface area contributed by atoms with Crippen molar-refractivity contribution in [2.45, 2.75) is 13.8 Å². The number of anilines is 1. The van der Waals surface area contributed by atoms with Crippen LogP contribution in [0.1, 0.15) is 16.7 Å². The summed E-state index contributed by atoms with van der Waals surface area (Å²) >= 11 is 5.06. The van der Waals surface area contributed by atoms with Gasteiger partial charge in [0, 0.05) is 0 Å². The molecule has 2 aromatic rings. The first-order valence-electron chi connectivity index (χ1n) is 6.48. The average molecular weight is 301 g/mol. The molecule has 0 heterocycles. The van der Waals surface area contributed by atoms with Crippen molar-refractivity contribution in [2.24, 2.45) is 5.10 Å². The number of thiocarbonyl (C=S) groups is 1. The molecule has 2 aromatic carbocycles. The number of hydrazone groups is 1. The van der Waals surface area contributed by atoms with Crippen LogP contribution >= 0.6 is 12.2 Å². The minimum atomic E-state index is -0.361.